The minimum atomic E-state index is -1.14. The maximum atomic E-state index is 11.2. The normalized spacial score (nSPS) is 10.4. The zero-order valence-electron chi connectivity index (χ0n) is 9.58. The highest BCUT2D eigenvalue weighted by atomic mass is 79.9. The molecule has 0 aliphatic carbocycles. The Balaban J connectivity index is 2.46. The lowest BCUT2D eigenvalue weighted by Crippen LogP contribution is -2.09. The first kappa shape index (κ1) is 13.8. The largest absolute Gasteiger partial charge is 0.477 e. The Labute approximate surface area is 122 Å². The molecule has 0 radical (unpaired) electrons. The van der Waals surface area contributed by atoms with Gasteiger partial charge in [0.1, 0.15) is 0 Å². The van der Waals surface area contributed by atoms with E-state index in [0.29, 0.717) is 17.0 Å². The van der Waals surface area contributed by atoms with Crippen LogP contribution in [0.3, 0.4) is 0 Å². The summed E-state index contributed by atoms with van der Waals surface area (Å²) in [7, 11) is 0. The van der Waals surface area contributed by atoms with Crippen LogP contribution in [-0.4, -0.2) is 37.8 Å². The van der Waals surface area contributed by atoms with Gasteiger partial charge in [0.25, 0.3) is 0 Å². The summed E-state index contributed by atoms with van der Waals surface area (Å²) in [5.41, 5.74) is -0.0647. The predicted octanol–water partition coefficient (Wildman–Crippen LogP) is 2.39. The van der Waals surface area contributed by atoms with Crippen LogP contribution in [0.15, 0.2) is 24.4 Å². The zero-order valence-corrected chi connectivity index (χ0v) is 11.9. The van der Waals surface area contributed by atoms with E-state index >= 15 is 0 Å². The first-order valence-corrected chi connectivity index (χ1v) is 6.76. The molecule has 8 heteroatoms. The quantitative estimate of drug-likeness (QED) is 0.841. The highest BCUT2D eigenvalue weighted by Crippen LogP contribution is 2.21. The number of nitrogens with zero attached hydrogens (tertiary/aromatic N) is 3. The molecule has 6 nitrogen and oxygen atoms in total. The highest BCUT2D eigenvalue weighted by Gasteiger charge is 2.18. The average molecular weight is 347 g/mol. The monoisotopic (exact) mass is 345 g/mol. The Morgan fingerprint density at radius 2 is 2.37 bits per heavy atom. The molecule has 0 atom stereocenters. The summed E-state index contributed by atoms with van der Waals surface area (Å²) in [4.78, 5) is 15.2. The second-order valence-corrected chi connectivity index (χ2v) is 4.63. The van der Waals surface area contributed by atoms with Crippen molar-refractivity contribution in [2.45, 2.75) is 0 Å². The molecule has 0 aliphatic rings. The minimum absolute atomic E-state index is 0.0647. The first-order valence-electron chi connectivity index (χ1n) is 5.26. The number of hydrogen-bond acceptors (Lipinski definition) is 4. The van der Waals surface area contributed by atoms with Gasteiger partial charge in [-0.15, -0.1) is 5.10 Å². The molecule has 0 amide bonds. The van der Waals surface area contributed by atoms with Gasteiger partial charge in [0.15, 0.2) is 11.5 Å². The summed E-state index contributed by atoms with van der Waals surface area (Å²) in [6, 6.07) is 4.59. The van der Waals surface area contributed by atoms with E-state index in [-0.39, 0.29) is 17.4 Å². The van der Waals surface area contributed by atoms with Crippen LogP contribution in [0.25, 0.3) is 5.82 Å². The molecule has 100 valence electrons. The highest BCUT2D eigenvalue weighted by molar-refractivity contribution is 9.09. The smallest absolute Gasteiger partial charge is 0.354 e. The number of aromatic carboxylic acids is 1. The molecule has 2 aromatic heterocycles. The van der Waals surface area contributed by atoms with Crippen LogP contribution in [0.1, 0.15) is 10.5 Å². The fraction of sp³-hybridized carbons (Fsp3) is 0.182. The van der Waals surface area contributed by atoms with Gasteiger partial charge in [-0.25, -0.2) is 14.5 Å². The predicted molar refractivity (Wildman–Crippen MR) is 72.6 cm³/mol. The van der Waals surface area contributed by atoms with Crippen molar-refractivity contribution >= 4 is 33.5 Å². The number of carbonyl (C=O) groups is 1. The maximum absolute atomic E-state index is 11.2. The average Bonchev–Trinajstić information content (AvgIpc) is 2.81. The molecular weight excluding hydrogens is 337 g/mol. The van der Waals surface area contributed by atoms with E-state index in [4.69, 9.17) is 21.4 Å². The van der Waals surface area contributed by atoms with Gasteiger partial charge >= 0.3 is 5.97 Å². The second-order valence-electron chi connectivity index (χ2n) is 3.43. The van der Waals surface area contributed by atoms with Crippen molar-refractivity contribution in [3.8, 4) is 11.7 Å². The molecule has 0 saturated heterocycles. The molecule has 2 heterocycles. The minimum Gasteiger partial charge on any atom is -0.477 e. The van der Waals surface area contributed by atoms with Crippen molar-refractivity contribution in [2.75, 3.05) is 11.9 Å². The topological polar surface area (TPSA) is 77.2 Å². The van der Waals surface area contributed by atoms with Gasteiger partial charge in [-0.3, -0.25) is 0 Å². The zero-order chi connectivity index (χ0) is 13.8. The van der Waals surface area contributed by atoms with Crippen LogP contribution >= 0.6 is 27.5 Å². The lowest BCUT2D eigenvalue weighted by Gasteiger charge is -2.04. The lowest BCUT2D eigenvalue weighted by atomic mass is 10.4. The van der Waals surface area contributed by atoms with Crippen molar-refractivity contribution in [1.82, 2.24) is 14.8 Å². The molecule has 0 saturated carbocycles. The number of alkyl halides is 1. The van der Waals surface area contributed by atoms with E-state index in [1.807, 2.05) is 0 Å². The summed E-state index contributed by atoms with van der Waals surface area (Å²) >= 11 is 9.19. The van der Waals surface area contributed by atoms with Crippen molar-refractivity contribution < 1.29 is 14.6 Å². The molecule has 0 unspecified atom stereocenters. The Kier molecular flexibility index (Phi) is 4.39. The molecule has 1 N–H and O–H groups in total. The van der Waals surface area contributed by atoms with Gasteiger partial charge in [0, 0.05) is 17.6 Å². The molecule has 19 heavy (non-hydrogen) atoms. The summed E-state index contributed by atoms with van der Waals surface area (Å²) < 4.78 is 6.42. The summed E-state index contributed by atoms with van der Waals surface area (Å²) in [5, 5.41) is 14.1. The number of ether oxygens (including phenoxy) is 1. The lowest BCUT2D eigenvalue weighted by molar-refractivity contribution is 0.0686. The van der Waals surface area contributed by atoms with Crippen molar-refractivity contribution in [3.05, 3.63) is 35.1 Å². The number of pyridine rings is 1. The Hall–Kier alpha value is -1.60. The van der Waals surface area contributed by atoms with E-state index in [0.717, 1.165) is 4.68 Å². The number of hydrogen-bond donors (Lipinski definition) is 1. The molecule has 0 aliphatic heterocycles. The number of carboxylic acid groups (broad SMARTS) is 1. The standard InChI is InChI=1S/C11H9BrClN3O3/c12-3-5-19-9-6-8(11(17)18)16(15-9)10-7(13)2-1-4-14-10/h1-2,4,6H,3,5H2,(H,17,18). The molecule has 0 bridgehead atoms. The van der Waals surface area contributed by atoms with Crippen LogP contribution in [0.4, 0.5) is 0 Å². The number of carboxylic acids is 1. The van der Waals surface area contributed by atoms with E-state index in [2.05, 4.69) is 26.0 Å². The van der Waals surface area contributed by atoms with Gasteiger partial charge in [0.2, 0.25) is 5.88 Å². The second kappa shape index (κ2) is 6.03. The van der Waals surface area contributed by atoms with Gasteiger partial charge in [0.05, 0.1) is 11.6 Å². The van der Waals surface area contributed by atoms with Crippen LogP contribution in [-0.2, 0) is 0 Å². The van der Waals surface area contributed by atoms with Gasteiger partial charge in [-0.1, -0.05) is 27.5 Å². The molecule has 0 aromatic carbocycles. The van der Waals surface area contributed by atoms with Crippen LogP contribution in [0, 0.1) is 0 Å². The molecule has 2 aromatic rings. The van der Waals surface area contributed by atoms with Crippen LogP contribution in [0.2, 0.25) is 5.02 Å². The number of aromatic nitrogens is 3. The van der Waals surface area contributed by atoms with E-state index in [9.17, 15) is 4.79 Å². The third-order valence-corrected chi connectivity index (χ3v) is 2.79. The number of halogens is 2. The third kappa shape index (κ3) is 3.05. The summed E-state index contributed by atoms with van der Waals surface area (Å²) in [5.74, 6) is -0.684. The van der Waals surface area contributed by atoms with Crippen LogP contribution in [0.5, 0.6) is 5.88 Å². The SMILES string of the molecule is O=C(O)c1cc(OCCBr)nn1-c1ncccc1Cl. The van der Waals surface area contributed by atoms with Crippen molar-refractivity contribution in [1.29, 1.82) is 0 Å². The number of rotatable bonds is 5. The van der Waals surface area contributed by atoms with Gasteiger partial charge in [-0.2, -0.15) is 0 Å². The first-order chi connectivity index (χ1) is 9.13. The molecule has 0 spiro atoms. The fourth-order valence-corrected chi connectivity index (χ4v) is 1.78. The van der Waals surface area contributed by atoms with E-state index in [1.165, 1.54) is 12.3 Å². The fourth-order valence-electron chi connectivity index (χ4n) is 1.42. The maximum Gasteiger partial charge on any atom is 0.354 e. The van der Waals surface area contributed by atoms with E-state index < -0.39 is 5.97 Å². The molecule has 2 rings (SSSR count). The van der Waals surface area contributed by atoms with E-state index in [1.54, 1.807) is 12.1 Å². The third-order valence-electron chi connectivity index (χ3n) is 2.17. The summed E-state index contributed by atoms with van der Waals surface area (Å²) in [6.07, 6.45) is 1.51. The Morgan fingerprint density at radius 3 is 3.00 bits per heavy atom. The van der Waals surface area contributed by atoms with Crippen molar-refractivity contribution in [3.63, 3.8) is 0 Å². The molecular formula is C11H9BrClN3O3. The van der Waals surface area contributed by atoms with Gasteiger partial charge < -0.3 is 9.84 Å². The Morgan fingerprint density at radius 1 is 1.58 bits per heavy atom. The van der Waals surface area contributed by atoms with Crippen LogP contribution < -0.4 is 4.74 Å². The van der Waals surface area contributed by atoms with Crippen molar-refractivity contribution in [2.24, 2.45) is 0 Å². The van der Waals surface area contributed by atoms with Gasteiger partial charge in [-0.05, 0) is 12.1 Å². The molecule has 0 fully saturated rings. The summed E-state index contributed by atoms with van der Waals surface area (Å²) in [6.45, 7) is 0.381. The Bertz CT molecular complexity index is 603.